The van der Waals surface area contributed by atoms with E-state index in [1.54, 1.807) is 0 Å². The summed E-state index contributed by atoms with van der Waals surface area (Å²) < 4.78 is 0. The van der Waals surface area contributed by atoms with Crippen LogP contribution in [0.1, 0.15) is 48.6 Å². The van der Waals surface area contributed by atoms with Crippen molar-refractivity contribution in [2.75, 3.05) is 0 Å². The van der Waals surface area contributed by atoms with E-state index in [2.05, 4.69) is 12.1 Å². The number of benzene rings is 1. The lowest BCUT2D eigenvalue weighted by atomic mass is 9.87. The Kier molecular flexibility index (Phi) is 1.71. The van der Waals surface area contributed by atoms with Crippen LogP contribution in [0.25, 0.3) is 0 Å². The first-order valence-corrected chi connectivity index (χ1v) is 6.51. The fourth-order valence-corrected chi connectivity index (χ4v) is 4.71. The zero-order chi connectivity index (χ0) is 12.5. The Balaban J connectivity index is 1.96. The molecule has 0 aliphatic heterocycles. The van der Waals surface area contributed by atoms with E-state index in [9.17, 15) is 15.2 Å². The van der Waals surface area contributed by atoms with Crippen LogP contribution in [0, 0.1) is 10.1 Å². The number of hydrogen-bond donors (Lipinski definition) is 1. The SMILES string of the molecule is O=[N+]([O-])C12CC3CC1(O)CC(C2)c1ccccc13. The summed E-state index contributed by atoms with van der Waals surface area (Å²) in [5.74, 6) is 0.313. The number of nitro groups is 1. The van der Waals surface area contributed by atoms with Crippen LogP contribution in [0.15, 0.2) is 24.3 Å². The summed E-state index contributed by atoms with van der Waals surface area (Å²) in [5, 5.41) is 22.3. The lowest BCUT2D eigenvalue weighted by molar-refractivity contribution is -0.586. The molecule has 4 aliphatic carbocycles. The van der Waals surface area contributed by atoms with Crippen molar-refractivity contribution in [2.24, 2.45) is 0 Å². The molecule has 2 atom stereocenters. The molecule has 4 heteroatoms. The summed E-state index contributed by atoms with van der Waals surface area (Å²) in [6.07, 6.45) is 2.12. The minimum atomic E-state index is -1.10. The predicted molar refractivity (Wildman–Crippen MR) is 65.1 cm³/mol. The molecular weight excluding hydrogens is 230 g/mol. The Bertz CT molecular complexity index is 519. The summed E-state index contributed by atoms with van der Waals surface area (Å²) in [7, 11) is 0. The van der Waals surface area contributed by atoms with Gasteiger partial charge in [0.2, 0.25) is 0 Å². The third-order valence-corrected chi connectivity index (χ3v) is 5.43. The maximum absolute atomic E-state index is 11.5. The van der Waals surface area contributed by atoms with Crippen molar-refractivity contribution < 1.29 is 10.0 Å². The average molecular weight is 245 g/mol. The normalized spacial score (nSPS) is 43.8. The molecule has 1 N–H and O–H groups in total. The highest BCUT2D eigenvalue weighted by atomic mass is 16.6. The van der Waals surface area contributed by atoms with E-state index in [1.807, 2.05) is 12.1 Å². The van der Waals surface area contributed by atoms with Crippen molar-refractivity contribution in [3.63, 3.8) is 0 Å². The predicted octanol–water partition coefficient (Wildman–Crippen LogP) is 2.20. The molecule has 2 unspecified atom stereocenters. The number of rotatable bonds is 1. The molecule has 94 valence electrons. The van der Waals surface area contributed by atoms with Gasteiger partial charge in [-0.05, 0) is 35.8 Å². The summed E-state index contributed by atoms with van der Waals surface area (Å²) in [4.78, 5) is 11.3. The van der Waals surface area contributed by atoms with Crippen LogP contribution in [-0.2, 0) is 0 Å². The average Bonchev–Trinajstić information content (AvgIpc) is 2.66. The minimum absolute atomic E-state index is 0.157. The van der Waals surface area contributed by atoms with E-state index in [0.717, 1.165) is 0 Å². The highest BCUT2D eigenvalue weighted by Crippen LogP contribution is 2.65. The molecule has 0 amide bonds. The van der Waals surface area contributed by atoms with Crippen LogP contribution < -0.4 is 0 Å². The van der Waals surface area contributed by atoms with E-state index in [-0.39, 0.29) is 16.8 Å². The Hall–Kier alpha value is -1.42. The van der Waals surface area contributed by atoms with Crippen LogP contribution in [0.5, 0.6) is 0 Å². The van der Waals surface area contributed by atoms with Gasteiger partial charge < -0.3 is 5.11 Å². The van der Waals surface area contributed by atoms with Gasteiger partial charge in [0.05, 0.1) is 0 Å². The lowest BCUT2D eigenvalue weighted by Gasteiger charge is -2.27. The van der Waals surface area contributed by atoms with Crippen molar-refractivity contribution in [2.45, 2.75) is 48.7 Å². The molecular formula is C14H15NO3. The third kappa shape index (κ3) is 0.973. The van der Waals surface area contributed by atoms with Gasteiger partial charge in [0.1, 0.15) is 5.60 Å². The zero-order valence-electron chi connectivity index (χ0n) is 10.0. The van der Waals surface area contributed by atoms with Gasteiger partial charge in [-0.25, -0.2) is 0 Å². The van der Waals surface area contributed by atoms with Crippen LogP contribution in [0.4, 0.5) is 0 Å². The summed E-state index contributed by atoms with van der Waals surface area (Å²) in [6.45, 7) is 0. The Morgan fingerprint density at radius 1 is 1.11 bits per heavy atom. The maximum Gasteiger partial charge on any atom is 0.251 e. The van der Waals surface area contributed by atoms with Crippen LogP contribution in [-0.4, -0.2) is 21.2 Å². The van der Waals surface area contributed by atoms with Gasteiger partial charge in [-0.3, -0.25) is 10.1 Å². The first-order chi connectivity index (χ1) is 8.56. The quantitative estimate of drug-likeness (QED) is 0.609. The third-order valence-electron chi connectivity index (χ3n) is 5.43. The highest BCUT2D eigenvalue weighted by molar-refractivity contribution is 5.42. The van der Waals surface area contributed by atoms with Gasteiger partial charge in [0, 0.05) is 17.8 Å². The Morgan fingerprint density at radius 2 is 1.61 bits per heavy atom. The number of hydrogen-bond acceptors (Lipinski definition) is 3. The monoisotopic (exact) mass is 245 g/mol. The molecule has 1 aromatic rings. The van der Waals surface area contributed by atoms with Crippen molar-refractivity contribution in [3.8, 4) is 0 Å². The molecule has 0 heterocycles. The fourth-order valence-electron chi connectivity index (χ4n) is 4.71. The van der Waals surface area contributed by atoms with Gasteiger partial charge in [0.25, 0.3) is 5.54 Å². The largest absolute Gasteiger partial charge is 0.382 e. The molecule has 4 bridgehead atoms. The lowest BCUT2D eigenvalue weighted by Crippen LogP contribution is -2.51. The molecule has 5 rings (SSSR count). The van der Waals surface area contributed by atoms with E-state index in [1.165, 1.54) is 11.1 Å². The zero-order valence-corrected chi connectivity index (χ0v) is 10.0. The van der Waals surface area contributed by atoms with Crippen molar-refractivity contribution in [1.29, 1.82) is 0 Å². The molecule has 0 saturated heterocycles. The topological polar surface area (TPSA) is 63.4 Å². The second-order valence-corrected chi connectivity index (χ2v) is 6.16. The van der Waals surface area contributed by atoms with Crippen LogP contribution >= 0.6 is 0 Å². The minimum Gasteiger partial charge on any atom is -0.382 e. The second-order valence-electron chi connectivity index (χ2n) is 6.16. The molecule has 2 saturated carbocycles. The fraction of sp³-hybridized carbons (Fsp3) is 0.571. The van der Waals surface area contributed by atoms with E-state index in [0.29, 0.717) is 25.7 Å². The first-order valence-electron chi connectivity index (χ1n) is 6.51. The first kappa shape index (κ1) is 10.5. The van der Waals surface area contributed by atoms with Gasteiger partial charge in [-0.15, -0.1) is 0 Å². The maximum atomic E-state index is 11.5. The van der Waals surface area contributed by atoms with Crippen LogP contribution in [0.3, 0.4) is 0 Å². The van der Waals surface area contributed by atoms with Gasteiger partial charge in [-0.1, -0.05) is 24.3 Å². The van der Waals surface area contributed by atoms with Crippen LogP contribution in [0.2, 0.25) is 0 Å². The Labute approximate surface area is 105 Å². The molecule has 4 nitrogen and oxygen atoms in total. The molecule has 0 radical (unpaired) electrons. The summed E-state index contributed by atoms with van der Waals surface area (Å²) in [5.41, 5.74) is 0.283. The van der Waals surface area contributed by atoms with E-state index >= 15 is 0 Å². The van der Waals surface area contributed by atoms with E-state index < -0.39 is 11.1 Å². The smallest absolute Gasteiger partial charge is 0.251 e. The van der Waals surface area contributed by atoms with E-state index in [4.69, 9.17) is 0 Å². The van der Waals surface area contributed by atoms with Gasteiger partial charge in [0.15, 0.2) is 0 Å². The standard InChI is InChI=1S/C14H15NO3/c16-14-7-9-5-13(14,15(17)18)6-10(8-14)12-4-2-1-3-11(9)12/h1-4,9-10,16H,5-8H2. The summed E-state index contributed by atoms with van der Waals surface area (Å²) >= 11 is 0. The Morgan fingerprint density at radius 3 is 2.00 bits per heavy atom. The molecule has 18 heavy (non-hydrogen) atoms. The molecule has 0 spiro atoms. The molecule has 1 aromatic carbocycles. The molecule has 4 aliphatic rings. The van der Waals surface area contributed by atoms with Gasteiger partial charge in [-0.2, -0.15) is 0 Å². The van der Waals surface area contributed by atoms with Crippen molar-refractivity contribution >= 4 is 0 Å². The van der Waals surface area contributed by atoms with Crippen molar-refractivity contribution in [3.05, 3.63) is 45.5 Å². The van der Waals surface area contributed by atoms with Crippen molar-refractivity contribution in [1.82, 2.24) is 0 Å². The summed E-state index contributed by atoms with van der Waals surface area (Å²) in [6, 6.07) is 8.16. The number of nitrogens with zero attached hydrogens (tertiary/aromatic N) is 1. The molecule has 2 fully saturated rings. The number of aliphatic hydroxyl groups is 1. The molecule has 0 aromatic heterocycles. The second kappa shape index (κ2) is 2.94. The highest BCUT2D eigenvalue weighted by Gasteiger charge is 2.73. The van der Waals surface area contributed by atoms with Gasteiger partial charge >= 0.3 is 0 Å².